The third kappa shape index (κ3) is 4.69. The first-order valence-electron chi connectivity index (χ1n) is 5.19. The second-order valence-electron chi connectivity index (χ2n) is 3.55. The van der Waals surface area contributed by atoms with Crippen molar-refractivity contribution in [3.63, 3.8) is 0 Å². The number of nitrogens with zero attached hydrogens (tertiary/aromatic N) is 1. The molecule has 0 aromatic heterocycles. The largest absolute Gasteiger partial charge is 0.312 e. The van der Waals surface area contributed by atoms with Gasteiger partial charge in [0.05, 0.1) is 6.07 Å². The van der Waals surface area contributed by atoms with Gasteiger partial charge in [-0.2, -0.15) is 5.26 Å². The molecule has 0 aliphatic heterocycles. The molecule has 0 radical (unpaired) electrons. The molecule has 0 saturated heterocycles. The average molecular weight is 178 g/mol. The van der Waals surface area contributed by atoms with Gasteiger partial charge in [0.25, 0.3) is 0 Å². The third-order valence-electron chi connectivity index (χ3n) is 2.40. The summed E-state index contributed by atoms with van der Waals surface area (Å²) in [4.78, 5) is 0. The number of nitriles is 1. The van der Waals surface area contributed by atoms with E-state index in [1.165, 1.54) is 37.7 Å². The molecule has 0 fully saturated rings. The highest BCUT2D eigenvalue weighted by Crippen LogP contribution is 2.16. The molecular formula is C11H18N2. The van der Waals surface area contributed by atoms with Crippen LogP contribution in [0.4, 0.5) is 0 Å². The highest BCUT2D eigenvalue weighted by atomic mass is 14.8. The van der Waals surface area contributed by atoms with Crippen molar-refractivity contribution in [2.24, 2.45) is 0 Å². The molecule has 0 bridgehead atoms. The van der Waals surface area contributed by atoms with Crippen molar-refractivity contribution in [1.82, 2.24) is 5.32 Å². The van der Waals surface area contributed by atoms with Gasteiger partial charge < -0.3 is 5.32 Å². The molecule has 2 nitrogen and oxygen atoms in total. The molecule has 1 rings (SSSR count). The normalized spacial score (nSPS) is 17.3. The van der Waals surface area contributed by atoms with E-state index in [0.717, 1.165) is 13.1 Å². The first-order chi connectivity index (χ1) is 6.43. The zero-order valence-corrected chi connectivity index (χ0v) is 8.18. The Balaban J connectivity index is 2.12. The molecule has 2 heteroatoms. The summed E-state index contributed by atoms with van der Waals surface area (Å²) >= 11 is 0. The molecule has 0 unspecified atom stereocenters. The van der Waals surface area contributed by atoms with Crippen LogP contribution in [0.1, 0.15) is 38.5 Å². The van der Waals surface area contributed by atoms with E-state index in [-0.39, 0.29) is 0 Å². The maximum atomic E-state index is 8.34. The smallest absolute Gasteiger partial charge is 0.0635 e. The number of hydrogen-bond acceptors (Lipinski definition) is 2. The van der Waals surface area contributed by atoms with Gasteiger partial charge in [0, 0.05) is 19.5 Å². The fourth-order valence-corrected chi connectivity index (χ4v) is 1.64. The Kier molecular flexibility index (Phi) is 5.28. The van der Waals surface area contributed by atoms with Gasteiger partial charge in [-0.25, -0.2) is 0 Å². The Morgan fingerprint density at radius 1 is 1.38 bits per heavy atom. The number of nitrogens with one attached hydrogen (secondary N) is 1. The van der Waals surface area contributed by atoms with Gasteiger partial charge in [0.1, 0.15) is 0 Å². The Labute approximate surface area is 80.6 Å². The van der Waals surface area contributed by atoms with E-state index in [1.54, 1.807) is 0 Å². The topological polar surface area (TPSA) is 35.8 Å². The van der Waals surface area contributed by atoms with Gasteiger partial charge in [0.15, 0.2) is 0 Å². The van der Waals surface area contributed by atoms with Crippen LogP contribution in [-0.4, -0.2) is 13.1 Å². The minimum absolute atomic E-state index is 0.618. The summed E-state index contributed by atoms with van der Waals surface area (Å²) in [5.74, 6) is 0. The zero-order chi connectivity index (χ0) is 9.36. The monoisotopic (exact) mass is 178 g/mol. The van der Waals surface area contributed by atoms with E-state index in [9.17, 15) is 0 Å². The highest BCUT2D eigenvalue weighted by molar-refractivity contribution is 5.05. The minimum atomic E-state index is 0.618. The van der Waals surface area contributed by atoms with Crippen molar-refractivity contribution in [3.05, 3.63) is 11.6 Å². The van der Waals surface area contributed by atoms with Crippen molar-refractivity contribution in [1.29, 1.82) is 5.26 Å². The summed E-state index contributed by atoms with van der Waals surface area (Å²) in [5, 5.41) is 11.6. The summed E-state index contributed by atoms with van der Waals surface area (Å²) in [5.41, 5.74) is 1.54. The molecule has 1 N–H and O–H groups in total. The Bertz CT molecular complexity index is 201. The van der Waals surface area contributed by atoms with Crippen LogP contribution in [0.2, 0.25) is 0 Å². The van der Waals surface area contributed by atoms with E-state index >= 15 is 0 Å². The number of hydrogen-bond donors (Lipinski definition) is 1. The SMILES string of the molecule is N#CCCNCC1=CCCCCC1. The lowest BCUT2D eigenvalue weighted by Gasteiger charge is -2.05. The van der Waals surface area contributed by atoms with Gasteiger partial charge in [0.2, 0.25) is 0 Å². The lowest BCUT2D eigenvalue weighted by atomic mass is 10.1. The van der Waals surface area contributed by atoms with Crippen LogP contribution < -0.4 is 5.32 Å². The maximum absolute atomic E-state index is 8.34. The maximum Gasteiger partial charge on any atom is 0.0635 e. The predicted molar refractivity (Wildman–Crippen MR) is 54.3 cm³/mol. The molecule has 1 aliphatic rings. The molecule has 1 aliphatic carbocycles. The van der Waals surface area contributed by atoms with Crippen LogP contribution in [0.25, 0.3) is 0 Å². The summed E-state index contributed by atoms with van der Waals surface area (Å²) in [6.45, 7) is 1.82. The highest BCUT2D eigenvalue weighted by Gasteiger charge is 2.01. The van der Waals surface area contributed by atoms with Gasteiger partial charge in [-0.3, -0.25) is 0 Å². The van der Waals surface area contributed by atoms with Crippen molar-refractivity contribution >= 4 is 0 Å². The molecule has 72 valence electrons. The Morgan fingerprint density at radius 3 is 3.15 bits per heavy atom. The van der Waals surface area contributed by atoms with Gasteiger partial charge >= 0.3 is 0 Å². The van der Waals surface area contributed by atoms with Gasteiger partial charge in [-0.05, 0) is 25.7 Å². The van der Waals surface area contributed by atoms with Crippen LogP contribution in [0.15, 0.2) is 11.6 Å². The van der Waals surface area contributed by atoms with E-state index in [0.29, 0.717) is 6.42 Å². The number of allylic oxidation sites excluding steroid dienone is 1. The van der Waals surface area contributed by atoms with Crippen molar-refractivity contribution in [3.8, 4) is 6.07 Å². The van der Waals surface area contributed by atoms with Crippen molar-refractivity contribution in [2.75, 3.05) is 13.1 Å². The van der Waals surface area contributed by atoms with Gasteiger partial charge in [-0.15, -0.1) is 0 Å². The fraction of sp³-hybridized carbons (Fsp3) is 0.727. The van der Waals surface area contributed by atoms with Crippen LogP contribution in [-0.2, 0) is 0 Å². The molecule has 13 heavy (non-hydrogen) atoms. The first-order valence-corrected chi connectivity index (χ1v) is 5.19. The molecule has 0 spiro atoms. The zero-order valence-electron chi connectivity index (χ0n) is 8.18. The van der Waals surface area contributed by atoms with Crippen LogP contribution in [0, 0.1) is 11.3 Å². The van der Waals surface area contributed by atoms with Crippen LogP contribution >= 0.6 is 0 Å². The molecule has 0 saturated carbocycles. The lowest BCUT2D eigenvalue weighted by molar-refractivity contribution is 0.683. The Hall–Kier alpha value is -0.810. The van der Waals surface area contributed by atoms with Gasteiger partial charge in [-0.1, -0.05) is 18.1 Å². The molecule has 0 atom stereocenters. The Morgan fingerprint density at radius 2 is 2.31 bits per heavy atom. The van der Waals surface area contributed by atoms with Crippen molar-refractivity contribution < 1.29 is 0 Å². The molecule has 0 aromatic carbocycles. The van der Waals surface area contributed by atoms with E-state index in [2.05, 4.69) is 17.5 Å². The molecule has 0 aromatic rings. The summed E-state index contributed by atoms with van der Waals surface area (Å²) in [7, 11) is 0. The second-order valence-corrected chi connectivity index (χ2v) is 3.55. The van der Waals surface area contributed by atoms with E-state index in [1.807, 2.05) is 0 Å². The van der Waals surface area contributed by atoms with Crippen LogP contribution in [0.3, 0.4) is 0 Å². The van der Waals surface area contributed by atoms with E-state index < -0.39 is 0 Å². The standard InChI is InChI=1S/C11H18N2/c12-8-5-9-13-10-11-6-3-1-2-4-7-11/h6,13H,1-5,7,9-10H2. The average Bonchev–Trinajstić information content (AvgIpc) is 2.41. The second kappa shape index (κ2) is 6.68. The quantitative estimate of drug-likeness (QED) is 0.530. The number of rotatable bonds is 4. The molecule has 0 amide bonds. The molecule has 0 heterocycles. The first kappa shape index (κ1) is 10.3. The third-order valence-corrected chi connectivity index (χ3v) is 2.40. The lowest BCUT2D eigenvalue weighted by Crippen LogP contribution is -2.17. The predicted octanol–water partition coefficient (Wildman–Crippen LogP) is 2.38. The molecular weight excluding hydrogens is 160 g/mol. The minimum Gasteiger partial charge on any atom is -0.312 e. The van der Waals surface area contributed by atoms with Crippen molar-refractivity contribution in [2.45, 2.75) is 38.5 Å². The summed E-state index contributed by atoms with van der Waals surface area (Å²) in [6, 6.07) is 2.14. The fourth-order valence-electron chi connectivity index (χ4n) is 1.64. The summed E-state index contributed by atoms with van der Waals surface area (Å²) in [6.07, 6.45) is 9.54. The van der Waals surface area contributed by atoms with Crippen LogP contribution in [0.5, 0.6) is 0 Å². The van der Waals surface area contributed by atoms with E-state index in [4.69, 9.17) is 5.26 Å². The summed E-state index contributed by atoms with van der Waals surface area (Å²) < 4.78 is 0.